The number of carbonyl (C=O) groups is 1. The molecular weight excluding hydrogens is 292 g/mol. The lowest BCUT2D eigenvalue weighted by Gasteiger charge is -2.18. The van der Waals surface area contributed by atoms with Gasteiger partial charge in [0.05, 0.1) is 5.52 Å². The molecule has 0 aromatic carbocycles. The minimum Gasteiger partial charge on any atom is -0.353 e. The van der Waals surface area contributed by atoms with Gasteiger partial charge in [-0.15, -0.1) is 0 Å². The molecule has 0 spiro atoms. The van der Waals surface area contributed by atoms with Crippen LogP contribution in [0.25, 0.3) is 5.52 Å². The van der Waals surface area contributed by atoms with Crippen LogP contribution < -0.4 is 10.2 Å². The van der Waals surface area contributed by atoms with E-state index in [2.05, 4.69) is 25.2 Å². The summed E-state index contributed by atoms with van der Waals surface area (Å²) in [4.78, 5) is 26.8. The van der Waals surface area contributed by atoms with Crippen molar-refractivity contribution in [2.24, 2.45) is 0 Å². The molecule has 7 nitrogen and oxygen atoms in total. The molecule has 4 heterocycles. The molecule has 1 N–H and O–H groups in total. The maximum atomic E-state index is 12.1. The summed E-state index contributed by atoms with van der Waals surface area (Å²) in [5.41, 5.74) is 1.07. The largest absolute Gasteiger partial charge is 0.353 e. The molecule has 3 aromatic rings. The zero-order valence-electron chi connectivity index (χ0n) is 12.5. The molecule has 3 aromatic heterocycles. The Kier molecular flexibility index (Phi) is 3.38. The van der Waals surface area contributed by atoms with Gasteiger partial charge in [0.2, 0.25) is 5.82 Å². The van der Waals surface area contributed by atoms with E-state index in [9.17, 15) is 4.79 Å². The van der Waals surface area contributed by atoms with Crippen LogP contribution >= 0.6 is 0 Å². The Morgan fingerprint density at radius 1 is 1.13 bits per heavy atom. The van der Waals surface area contributed by atoms with Gasteiger partial charge in [0.1, 0.15) is 0 Å². The number of nitrogens with one attached hydrogen (secondary N) is 1. The van der Waals surface area contributed by atoms with E-state index in [1.54, 1.807) is 24.7 Å². The van der Waals surface area contributed by atoms with Gasteiger partial charge in [0.25, 0.3) is 5.91 Å². The molecule has 7 heteroatoms. The molecule has 1 saturated heterocycles. The number of nitrogens with zero attached hydrogens (tertiary/aromatic N) is 5. The second-order valence-corrected chi connectivity index (χ2v) is 5.53. The summed E-state index contributed by atoms with van der Waals surface area (Å²) in [6.45, 7) is 1.59. The molecule has 4 rings (SSSR count). The van der Waals surface area contributed by atoms with Crippen molar-refractivity contribution in [3.8, 4) is 0 Å². The fourth-order valence-electron chi connectivity index (χ4n) is 2.94. The summed E-state index contributed by atoms with van der Waals surface area (Å²) in [6, 6.07) is 5.82. The third-order valence-electron chi connectivity index (χ3n) is 4.02. The van der Waals surface area contributed by atoms with E-state index >= 15 is 0 Å². The third kappa shape index (κ3) is 2.61. The number of fused-ring (bicyclic) bond motifs is 1. The summed E-state index contributed by atoms with van der Waals surface area (Å²) in [7, 11) is 0. The summed E-state index contributed by atoms with van der Waals surface area (Å²) >= 11 is 0. The fraction of sp³-hybridized carbons (Fsp3) is 0.250. The summed E-state index contributed by atoms with van der Waals surface area (Å²) in [6.07, 6.45) is 9.75. The topological polar surface area (TPSA) is 75.4 Å². The van der Waals surface area contributed by atoms with Crippen LogP contribution in [0.3, 0.4) is 0 Å². The Morgan fingerprint density at radius 2 is 2.00 bits per heavy atom. The standard InChI is InChI=1S/C16H16N6O/c23-16(14-17-5-2-6-18-14)20-12-4-9-22(11-12)15-13-3-1-8-21(13)10-7-19-15/h1-3,5-8,10,12H,4,9,11H2,(H,20,23). The molecule has 116 valence electrons. The van der Waals surface area contributed by atoms with Gasteiger partial charge >= 0.3 is 0 Å². The van der Waals surface area contributed by atoms with Crippen molar-refractivity contribution in [1.82, 2.24) is 24.7 Å². The Morgan fingerprint density at radius 3 is 2.87 bits per heavy atom. The molecule has 1 aliphatic heterocycles. The SMILES string of the molecule is O=C(NC1CCN(c2nccn3cccc23)C1)c1ncccn1. The van der Waals surface area contributed by atoms with Gasteiger partial charge in [-0.25, -0.2) is 15.0 Å². The average Bonchev–Trinajstić information content (AvgIpc) is 3.24. The summed E-state index contributed by atoms with van der Waals surface area (Å²) in [5, 5.41) is 3.00. The Bertz CT molecular complexity index is 831. The van der Waals surface area contributed by atoms with E-state index in [4.69, 9.17) is 0 Å². The fourth-order valence-corrected chi connectivity index (χ4v) is 2.94. The van der Waals surface area contributed by atoms with E-state index in [0.29, 0.717) is 0 Å². The monoisotopic (exact) mass is 308 g/mol. The average molecular weight is 308 g/mol. The zero-order valence-corrected chi connectivity index (χ0v) is 12.5. The number of aromatic nitrogens is 4. The first-order valence-corrected chi connectivity index (χ1v) is 7.56. The maximum Gasteiger partial charge on any atom is 0.289 e. The highest BCUT2D eigenvalue weighted by molar-refractivity contribution is 5.90. The Balaban J connectivity index is 1.47. The van der Waals surface area contributed by atoms with Crippen LogP contribution in [0.5, 0.6) is 0 Å². The Hall–Kier alpha value is -2.96. The molecular formula is C16H16N6O. The number of amides is 1. The molecule has 0 aliphatic carbocycles. The smallest absolute Gasteiger partial charge is 0.289 e. The van der Waals surface area contributed by atoms with E-state index in [-0.39, 0.29) is 17.8 Å². The second kappa shape index (κ2) is 5.68. The first-order valence-electron chi connectivity index (χ1n) is 7.56. The lowest BCUT2D eigenvalue weighted by atomic mass is 10.2. The number of hydrogen-bond donors (Lipinski definition) is 1. The Labute approximate surface area is 133 Å². The molecule has 0 saturated carbocycles. The normalized spacial score (nSPS) is 17.6. The number of anilines is 1. The van der Waals surface area contributed by atoms with Crippen LogP contribution in [0.2, 0.25) is 0 Å². The van der Waals surface area contributed by atoms with Crippen LogP contribution in [-0.2, 0) is 0 Å². The highest BCUT2D eigenvalue weighted by atomic mass is 16.2. The second-order valence-electron chi connectivity index (χ2n) is 5.53. The minimum absolute atomic E-state index is 0.0725. The van der Waals surface area contributed by atoms with Crippen LogP contribution in [0.1, 0.15) is 17.0 Å². The summed E-state index contributed by atoms with van der Waals surface area (Å²) in [5.74, 6) is 0.925. The van der Waals surface area contributed by atoms with E-state index < -0.39 is 0 Å². The van der Waals surface area contributed by atoms with Crippen molar-refractivity contribution in [2.45, 2.75) is 12.5 Å². The van der Waals surface area contributed by atoms with Gasteiger partial charge < -0.3 is 14.6 Å². The van der Waals surface area contributed by atoms with Gasteiger partial charge in [-0.1, -0.05) is 0 Å². The van der Waals surface area contributed by atoms with Crippen LogP contribution in [-0.4, -0.2) is 44.4 Å². The number of carbonyl (C=O) groups excluding carboxylic acids is 1. The molecule has 23 heavy (non-hydrogen) atoms. The van der Waals surface area contributed by atoms with Crippen LogP contribution in [0.4, 0.5) is 5.82 Å². The number of rotatable bonds is 3. The van der Waals surface area contributed by atoms with E-state index in [1.807, 2.05) is 28.9 Å². The first-order chi connectivity index (χ1) is 11.3. The molecule has 1 unspecified atom stereocenters. The van der Waals surface area contributed by atoms with Crippen LogP contribution in [0.15, 0.2) is 49.2 Å². The molecule has 1 atom stereocenters. The molecule has 1 aliphatic rings. The summed E-state index contributed by atoms with van der Waals surface area (Å²) < 4.78 is 2.05. The molecule has 0 radical (unpaired) electrons. The minimum atomic E-state index is -0.230. The van der Waals surface area contributed by atoms with Crippen molar-refractivity contribution < 1.29 is 4.79 Å². The van der Waals surface area contributed by atoms with Crippen molar-refractivity contribution in [1.29, 1.82) is 0 Å². The van der Waals surface area contributed by atoms with Gasteiger partial charge in [-0.05, 0) is 24.6 Å². The third-order valence-corrected chi connectivity index (χ3v) is 4.02. The van der Waals surface area contributed by atoms with Gasteiger partial charge in [0.15, 0.2) is 5.82 Å². The highest BCUT2D eigenvalue weighted by Crippen LogP contribution is 2.23. The predicted octanol–water partition coefficient (Wildman–Crippen LogP) is 1.13. The van der Waals surface area contributed by atoms with Gasteiger partial charge in [-0.2, -0.15) is 0 Å². The van der Waals surface area contributed by atoms with Crippen molar-refractivity contribution in [2.75, 3.05) is 18.0 Å². The maximum absolute atomic E-state index is 12.1. The molecule has 0 bridgehead atoms. The van der Waals surface area contributed by atoms with Crippen molar-refractivity contribution in [3.63, 3.8) is 0 Å². The van der Waals surface area contributed by atoms with Crippen molar-refractivity contribution >= 4 is 17.2 Å². The number of hydrogen-bond acceptors (Lipinski definition) is 5. The lowest BCUT2D eigenvalue weighted by Crippen LogP contribution is -2.38. The van der Waals surface area contributed by atoms with E-state index in [1.165, 1.54) is 0 Å². The first kappa shape index (κ1) is 13.7. The van der Waals surface area contributed by atoms with E-state index in [0.717, 1.165) is 30.8 Å². The zero-order chi connectivity index (χ0) is 15.6. The van der Waals surface area contributed by atoms with Crippen LogP contribution in [0, 0.1) is 0 Å². The quantitative estimate of drug-likeness (QED) is 0.785. The lowest BCUT2D eigenvalue weighted by molar-refractivity contribution is 0.0930. The highest BCUT2D eigenvalue weighted by Gasteiger charge is 2.26. The van der Waals surface area contributed by atoms with Crippen molar-refractivity contribution in [3.05, 3.63) is 55.0 Å². The molecule has 1 amide bonds. The van der Waals surface area contributed by atoms with Gasteiger partial charge in [-0.3, -0.25) is 4.79 Å². The molecule has 1 fully saturated rings. The van der Waals surface area contributed by atoms with Gasteiger partial charge in [0, 0.05) is 50.1 Å². The predicted molar refractivity (Wildman–Crippen MR) is 85.3 cm³/mol.